The van der Waals surface area contributed by atoms with Crippen LogP contribution in [-0.2, 0) is 5.88 Å². The Balaban J connectivity index is 2.14. The van der Waals surface area contributed by atoms with E-state index >= 15 is 0 Å². The number of rotatable bonds is 4. The SMILES string of the molecule is CC(N)CSCn1cccn1. The molecule has 0 amide bonds. The molecule has 0 spiro atoms. The summed E-state index contributed by atoms with van der Waals surface area (Å²) in [6.07, 6.45) is 3.74. The van der Waals surface area contributed by atoms with Crippen molar-refractivity contribution in [1.82, 2.24) is 9.78 Å². The van der Waals surface area contributed by atoms with Gasteiger partial charge in [0.2, 0.25) is 0 Å². The van der Waals surface area contributed by atoms with Gasteiger partial charge in [-0.25, -0.2) is 0 Å². The van der Waals surface area contributed by atoms with Crippen LogP contribution >= 0.6 is 11.8 Å². The van der Waals surface area contributed by atoms with Crippen LogP contribution in [0.4, 0.5) is 0 Å². The Morgan fingerprint density at radius 3 is 3.09 bits per heavy atom. The zero-order valence-corrected chi connectivity index (χ0v) is 7.42. The van der Waals surface area contributed by atoms with Crippen LogP contribution in [0.3, 0.4) is 0 Å². The molecule has 1 aromatic heterocycles. The molecule has 0 aliphatic heterocycles. The average Bonchev–Trinajstić information content (AvgIpc) is 2.39. The quantitative estimate of drug-likeness (QED) is 0.732. The molecule has 1 heterocycles. The lowest BCUT2D eigenvalue weighted by molar-refractivity contribution is 0.746. The largest absolute Gasteiger partial charge is 0.327 e. The van der Waals surface area contributed by atoms with Crippen molar-refractivity contribution in [1.29, 1.82) is 0 Å². The van der Waals surface area contributed by atoms with Crippen molar-refractivity contribution in [2.75, 3.05) is 5.75 Å². The summed E-state index contributed by atoms with van der Waals surface area (Å²) in [5.41, 5.74) is 5.58. The van der Waals surface area contributed by atoms with Gasteiger partial charge in [-0.1, -0.05) is 0 Å². The first-order valence-corrected chi connectivity index (χ1v) is 4.75. The highest BCUT2D eigenvalue weighted by Crippen LogP contribution is 2.04. The molecular weight excluding hydrogens is 158 g/mol. The first-order valence-electron chi connectivity index (χ1n) is 3.60. The minimum absolute atomic E-state index is 0.274. The van der Waals surface area contributed by atoms with E-state index in [9.17, 15) is 0 Å². The summed E-state index contributed by atoms with van der Waals surface area (Å²) in [6, 6.07) is 2.20. The molecule has 0 aromatic carbocycles. The van der Waals surface area contributed by atoms with Crippen molar-refractivity contribution < 1.29 is 0 Å². The predicted octanol–water partition coefficient (Wildman–Crippen LogP) is 0.921. The standard InChI is InChI=1S/C7H13N3S/c1-7(8)5-11-6-10-4-2-3-9-10/h2-4,7H,5-6,8H2,1H3. The lowest BCUT2D eigenvalue weighted by atomic mass is 10.4. The van der Waals surface area contributed by atoms with Crippen LogP contribution < -0.4 is 5.73 Å². The van der Waals surface area contributed by atoms with Gasteiger partial charge in [0.05, 0.1) is 5.88 Å². The van der Waals surface area contributed by atoms with Crippen molar-refractivity contribution in [3.63, 3.8) is 0 Å². The maximum absolute atomic E-state index is 5.58. The molecule has 1 aromatic rings. The molecule has 0 radical (unpaired) electrons. The molecule has 0 aliphatic carbocycles. The van der Waals surface area contributed by atoms with E-state index in [0.717, 1.165) is 11.6 Å². The van der Waals surface area contributed by atoms with Crippen LogP contribution in [0, 0.1) is 0 Å². The Bertz CT molecular complexity index is 184. The lowest BCUT2D eigenvalue weighted by Gasteiger charge is -2.03. The van der Waals surface area contributed by atoms with E-state index in [-0.39, 0.29) is 6.04 Å². The van der Waals surface area contributed by atoms with Gasteiger partial charge in [-0.3, -0.25) is 4.68 Å². The maximum atomic E-state index is 5.58. The highest BCUT2D eigenvalue weighted by atomic mass is 32.2. The molecule has 62 valence electrons. The number of hydrogen-bond donors (Lipinski definition) is 1. The van der Waals surface area contributed by atoms with Gasteiger partial charge in [-0.05, 0) is 13.0 Å². The smallest absolute Gasteiger partial charge is 0.0863 e. The molecule has 1 atom stereocenters. The molecule has 2 N–H and O–H groups in total. The lowest BCUT2D eigenvalue weighted by Crippen LogP contribution is -2.18. The third kappa shape index (κ3) is 3.43. The monoisotopic (exact) mass is 171 g/mol. The molecule has 3 nitrogen and oxygen atoms in total. The van der Waals surface area contributed by atoms with Gasteiger partial charge in [-0.2, -0.15) is 5.10 Å². The molecular formula is C7H13N3S. The van der Waals surface area contributed by atoms with E-state index < -0.39 is 0 Å². The minimum Gasteiger partial charge on any atom is -0.327 e. The summed E-state index contributed by atoms with van der Waals surface area (Å²) >= 11 is 1.79. The fourth-order valence-corrected chi connectivity index (χ4v) is 1.53. The summed E-state index contributed by atoms with van der Waals surface area (Å²) in [5, 5.41) is 4.07. The molecule has 0 aliphatic rings. The summed E-state index contributed by atoms with van der Waals surface area (Å²) < 4.78 is 1.90. The third-order valence-electron chi connectivity index (χ3n) is 1.16. The van der Waals surface area contributed by atoms with Gasteiger partial charge in [0, 0.05) is 24.2 Å². The molecule has 0 saturated heterocycles. The van der Waals surface area contributed by atoms with Crippen LogP contribution in [0.5, 0.6) is 0 Å². The Hall–Kier alpha value is -0.480. The molecule has 1 unspecified atom stereocenters. The average molecular weight is 171 g/mol. The highest BCUT2D eigenvalue weighted by molar-refractivity contribution is 7.98. The minimum atomic E-state index is 0.274. The van der Waals surface area contributed by atoms with Crippen LogP contribution in [0.1, 0.15) is 6.92 Å². The second-order valence-electron chi connectivity index (χ2n) is 2.52. The van der Waals surface area contributed by atoms with E-state index in [1.165, 1.54) is 0 Å². The molecule has 0 saturated carbocycles. The first-order chi connectivity index (χ1) is 5.29. The number of hydrogen-bond acceptors (Lipinski definition) is 3. The Morgan fingerprint density at radius 1 is 1.73 bits per heavy atom. The van der Waals surface area contributed by atoms with Gasteiger partial charge in [0.15, 0.2) is 0 Å². The fraction of sp³-hybridized carbons (Fsp3) is 0.571. The van der Waals surface area contributed by atoms with E-state index in [0.29, 0.717) is 0 Å². The van der Waals surface area contributed by atoms with Gasteiger partial charge in [0.25, 0.3) is 0 Å². The Kier molecular flexibility index (Phi) is 3.45. The van der Waals surface area contributed by atoms with Crippen LogP contribution in [-0.4, -0.2) is 21.6 Å². The van der Waals surface area contributed by atoms with Gasteiger partial charge in [0.1, 0.15) is 0 Å². The molecule has 11 heavy (non-hydrogen) atoms. The van der Waals surface area contributed by atoms with Crippen LogP contribution in [0.25, 0.3) is 0 Å². The van der Waals surface area contributed by atoms with E-state index in [2.05, 4.69) is 5.10 Å². The van der Waals surface area contributed by atoms with Gasteiger partial charge in [-0.15, -0.1) is 11.8 Å². The normalized spacial score (nSPS) is 13.3. The summed E-state index contributed by atoms with van der Waals surface area (Å²) in [4.78, 5) is 0. The highest BCUT2D eigenvalue weighted by Gasteiger charge is 1.94. The Labute approximate surface area is 71.0 Å². The third-order valence-corrected chi connectivity index (χ3v) is 2.37. The summed E-state index contributed by atoms with van der Waals surface area (Å²) in [5.74, 6) is 1.88. The van der Waals surface area contributed by atoms with Gasteiger partial charge >= 0.3 is 0 Å². The number of nitrogens with two attached hydrogens (primary N) is 1. The number of aromatic nitrogens is 2. The van der Waals surface area contributed by atoms with Crippen molar-refractivity contribution >= 4 is 11.8 Å². The Morgan fingerprint density at radius 2 is 2.55 bits per heavy atom. The van der Waals surface area contributed by atoms with Crippen molar-refractivity contribution in [2.24, 2.45) is 5.73 Å². The van der Waals surface area contributed by atoms with Crippen LogP contribution in [0.2, 0.25) is 0 Å². The topological polar surface area (TPSA) is 43.8 Å². The second-order valence-corrected chi connectivity index (χ2v) is 3.52. The first kappa shape index (κ1) is 8.62. The van der Waals surface area contributed by atoms with E-state index in [4.69, 9.17) is 5.73 Å². The van der Waals surface area contributed by atoms with Crippen molar-refractivity contribution in [3.05, 3.63) is 18.5 Å². The number of thioether (sulfide) groups is 1. The van der Waals surface area contributed by atoms with E-state index in [1.807, 2.05) is 23.9 Å². The molecule has 0 bridgehead atoms. The van der Waals surface area contributed by atoms with E-state index in [1.54, 1.807) is 18.0 Å². The predicted molar refractivity (Wildman–Crippen MR) is 48.3 cm³/mol. The molecule has 4 heteroatoms. The van der Waals surface area contributed by atoms with Gasteiger partial charge < -0.3 is 5.73 Å². The second kappa shape index (κ2) is 4.41. The van der Waals surface area contributed by atoms with Crippen molar-refractivity contribution in [2.45, 2.75) is 18.8 Å². The zero-order valence-electron chi connectivity index (χ0n) is 6.60. The molecule has 0 fully saturated rings. The summed E-state index contributed by atoms with van der Waals surface area (Å²) in [6.45, 7) is 2.01. The van der Waals surface area contributed by atoms with Crippen molar-refractivity contribution in [3.8, 4) is 0 Å². The van der Waals surface area contributed by atoms with Crippen LogP contribution in [0.15, 0.2) is 18.5 Å². The summed E-state index contributed by atoms with van der Waals surface area (Å²) in [7, 11) is 0. The maximum Gasteiger partial charge on any atom is 0.0863 e. The number of nitrogens with zero attached hydrogens (tertiary/aromatic N) is 2. The fourth-order valence-electron chi connectivity index (χ4n) is 0.709. The zero-order chi connectivity index (χ0) is 8.10. The molecule has 1 rings (SSSR count).